The molecule has 0 saturated heterocycles. The van der Waals surface area contributed by atoms with E-state index in [9.17, 15) is 14.7 Å². The Bertz CT molecular complexity index is 1330. The summed E-state index contributed by atoms with van der Waals surface area (Å²) in [7, 11) is 0. The molecule has 0 radical (unpaired) electrons. The lowest BCUT2D eigenvalue weighted by atomic mass is 10.2. The van der Waals surface area contributed by atoms with Gasteiger partial charge in [-0.3, -0.25) is 9.48 Å². The molecule has 34 heavy (non-hydrogen) atoms. The SMILES string of the molecule is Cc1nn(Cc2cccc(Oc3ccccc3)c2)c(C)c1NC(=O)C(C)n1nccc1C(=O)O. The Labute approximate surface area is 196 Å². The van der Waals surface area contributed by atoms with Gasteiger partial charge >= 0.3 is 5.97 Å². The van der Waals surface area contributed by atoms with Gasteiger partial charge in [-0.15, -0.1) is 0 Å². The number of aryl methyl sites for hydroxylation is 1. The van der Waals surface area contributed by atoms with Crippen LogP contribution < -0.4 is 10.1 Å². The van der Waals surface area contributed by atoms with E-state index in [1.165, 1.54) is 16.9 Å². The number of para-hydroxylation sites is 1. The van der Waals surface area contributed by atoms with Crippen LogP contribution in [0, 0.1) is 13.8 Å². The summed E-state index contributed by atoms with van der Waals surface area (Å²) in [5.74, 6) is -0.0415. The van der Waals surface area contributed by atoms with E-state index in [2.05, 4.69) is 15.5 Å². The van der Waals surface area contributed by atoms with Gasteiger partial charge in [-0.25, -0.2) is 9.48 Å². The first-order valence-electron chi connectivity index (χ1n) is 10.8. The van der Waals surface area contributed by atoms with Crippen LogP contribution in [0.2, 0.25) is 0 Å². The normalized spacial score (nSPS) is 11.7. The second kappa shape index (κ2) is 9.62. The van der Waals surface area contributed by atoms with Crippen LogP contribution in [0.25, 0.3) is 0 Å². The molecule has 0 aliphatic heterocycles. The molecule has 1 unspecified atom stereocenters. The third kappa shape index (κ3) is 4.83. The number of hydrogen-bond acceptors (Lipinski definition) is 5. The molecular formula is C25H25N5O4. The summed E-state index contributed by atoms with van der Waals surface area (Å²) in [4.78, 5) is 24.2. The first-order chi connectivity index (χ1) is 16.3. The zero-order valence-corrected chi connectivity index (χ0v) is 19.1. The molecule has 9 heteroatoms. The highest BCUT2D eigenvalue weighted by Crippen LogP contribution is 2.25. The predicted octanol–water partition coefficient (Wildman–Crippen LogP) is 4.43. The molecule has 2 heterocycles. The molecule has 1 atom stereocenters. The minimum Gasteiger partial charge on any atom is -0.477 e. The maximum Gasteiger partial charge on any atom is 0.354 e. The van der Waals surface area contributed by atoms with Gasteiger partial charge in [-0.2, -0.15) is 10.2 Å². The van der Waals surface area contributed by atoms with Gasteiger partial charge in [0.2, 0.25) is 5.91 Å². The lowest BCUT2D eigenvalue weighted by Crippen LogP contribution is -2.27. The lowest BCUT2D eigenvalue weighted by Gasteiger charge is -2.14. The molecule has 2 N–H and O–H groups in total. The number of aromatic nitrogens is 4. The van der Waals surface area contributed by atoms with Crippen molar-refractivity contribution in [3.63, 3.8) is 0 Å². The molecule has 4 rings (SSSR count). The molecule has 0 aliphatic carbocycles. The summed E-state index contributed by atoms with van der Waals surface area (Å²) >= 11 is 0. The molecule has 2 aromatic heterocycles. The number of carboxylic acids is 1. The standard InChI is InChI=1S/C25H25N5O4/c1-16-23(27-24(31)18(3)30-22(25(32)33)12-13-26-30)17(2)29(28-16)15-19-8-7-11-21(14-19)34-20-9-5-4-6-10-20/h4-14,18H,15H2,1-3H3,(H,27,31)(H,32,33). The minimum absolute atomic E-state index is 0.0515. The number of rotatable bonds is 8. The van der Waals surface area contributed by atoms with Crippen LogP contribution in [-0.4, -0.2) is 36.5 Å². The summed E-state index contributed by atoms with van der Waals surface area (Å²) in [6, 6.07) is 17.9. The van der Waals surface area contributed by atoms with Crippen LogP contribution in [0.15, 0.2) is 66.9 Å². The molecule has 4 aromatic rings. The molecule has 1 amide bonds. The van der Waals surface area contributed by atoms with Crippen molar-refractivity contribution in [1.82, 2.24) is 19.6 Å². The van der Waals surface area contributed by atoms with E-state index in [4.69, 9.17) is 4.74 Å². The van der Waals surface area contributed by atoms with Crippen LogP contribution in [0.4, 0.5) is 5.69 Å². The van der Waals surface area contributed by atoms with Gasteiger partial charge in [0.25, 0.3) is 0 Å². The zero-order chi connectivity index (χ0) is 24.2. The summed E-state index contributed by atoms with van der Waals surface area (Å²) in [6.07, 6.45) is 1.36. The first-order valence-corrected chi connectivity index (χ1v) is 10.8. The fourth-order valence-corrected chi connectivity index (χ4v) is 3.67. The monoisotopic (exact) mass is 459 g/mol. The number of carbonyl (C=O) groups is 2. The summed E-state index contributed by atoms with van der Waals surface area (Å²) in [5, 5.41) is 20.7. The highest BCUT2D eigenvalue weighted by molar-refractivity contribution is 5.95. The van der Waals surface area contributed by atoms with E-state index >= 15 is 0 Å². The number of carbonyl (C=O) groups excluding carboxylic acids is 1. The van der Waals surface area contributed by atoms with Gasteiger partial charge in [-0.1, -0.05) is 30.3 Å². The van der Waals surface area contributed by atoms with Crippen LogP contribution in [0.1, 0.15) is 40.4 Å². The second-order valence-corrected chi connectivity index (χ2v) is 7.90. The molecule has 0 spiro atoms. The number of ether oxygens (including phenoxy) is 1. The largest absolute Gasteiger partial charge is 0.477 e. The number of amides is 1. The molecule has 9 nitrogen and oxygen atoms in total. The minimum atomic E-state index is -1.14. The number of hydrogen-bond donors (Lipinski definition) is 2. The third-order valence-corrected chi connectivity index (χ3v) is 5.48. The van der Waals surface area contributed by atoms with E-state index in [-0.39, 0.29) is 11.6 Å². The molecular weight excluding hydrogens is 434 g/mol. The Hall–Kier alpha value is -4.40. The molecule has 0 aliphatic rings. The van der Waals surface area contributed by atoms with Gasteiger partial charge in [0.1, 0.15) is 23.2 Å². The van der Waals surface area contributed by atoms with Gasteiger partial charge in [0.15, 0.2) is 0 Å². The number of carboxylic acid groups (broad SMARTS) is 1. The fraction of sp³-hybridized carbons (Fsp3) is 0.200. The van der Waals surface area contributed by atoms with Crippen molar-refractivity contribution in [3.05, 3.63) is 89.5 Å². The van der Waals surface area contributed by atoms with E-state index in [1.807, 2.05) is 73.1 Å². The summed E-state index contributed by atoms with van der Waals surface area (Å²) in [6.45, 7) is 5.78. The quantitative estimate of drug-likeness (QED) is 0.403. The molecule has 0 saturated carbocycles. The van der Waals surface area contributed by atoms with Crippen LogP contribution in [0.5, 0.6) is 11.5 Å². The smallest absolute Gasteiger partial charge is 0.354 e. The second-order valence-electron chi connectivity index (χ2n) is 7.90. The van der Waals surface area contributed by atoms with Crippen LogP contribution >= 0.6 is 0 Å². The fourth-order valence-electron chi connectivity index (χ4n) is 3.67. The van der Waals surface area contributed by atoms with Crippen molar-refractivity contribution < 1.29 is 19.4 Å². The first kappa shape index (κ1) is 22.8. The Morgan fingerprint density at radius 1 is 1.06 bits per heavy atom. The number of benzene rings is 2. The van der Waals surface area contributed by atoms with E-state index in [1.54, 1.807) is 6.92 Å². The van der Waals surface area contributed by atoms with E-state index in [0.29, 0.717) is 17.9 Å². The van der Waals surface area contributed by atoms with Crippen molar-refractivity contribution in [2.75, 3.05) is 5.32 Å². The van der Waals surface area contributed by atoms with E-state index in [0.717, 1.165) is 22.8 Å². The number of nitrogens with zero attached hydrogens (tertiary/aromatic N) is 4. The molecule has 0 bridgehead atoms. The summed E-state index contributed by atoms with van der Waals surface area (Å²) < 4.78 is 8.92. The predicted molar refractivity (Wildman–Crippen MR) is 126 cm³/mol. The number of aromatic carboxylic acids is 1. The number of nitrogens with one attached hydrogen (secondary N) is 1. The van der Waals surface area contributed by atoms with Crippen molar-refractivity contribution in [2.45, 2.75) is 33.4 Å². The summed E-state index contributed by atoms with van der Waals surface area (Å²) in [5.41, 5.74) is 2.98. The van der Waals surface area contributed by atoms with Gasteiger partial charge in [-0.05, 0) is 56.7 Å². The van der Waals surface area contributed by atoms with E-state index < -0.39 is 12.0 Å². The average molecular weight is 460 g/mol. The maximum atomic E-state index is 12.9. The topological polar surface area (TPSA) is 111 Å². The molecule has 2 aromatic carbocycles. The highest BCUT2D eigenvalue weighted by atomic mass is 16.5. The third-order valence-electron chi connectivity index (χ3n) is 5.48. The number of anilines is 1. The zero-order valence-electron chi connectivity index (χ0n) is 19.1. The Balaban J connectivity index is 1.49. The van der Waals surface area contributed by atoms with Crippen LogP contribution in [0.3, 0.4) is 0 Å². The van der Waals surface area contributed by atoms with Crippen LogP contribution in [-0.2, 0) is 11.3 Å². The Morgan fingerprint density at radius 3 is 2.53 bits per heavy atom. The van der Waals surface area contributed by atoms with Crippen molar-refractivity contribution in [2.24, 2.45) is 0 Å². The highest BCUT2D eigenvalue weighted by Gasteiger charge is 2.23. The van der Waals surface area contributed by atoms with Crippen molar-refractivity contribution in [1.29, 1.82) is 0 Å². The van der Waals surface area contributed by atoms with Gasteiger partial charge in [0, 0.05) is 6.20 Å². The van der Waals surface area contributed by atoms with Gasteiger partial charge < -0.3 is 15.2 Å². The Morgan fingerprint density at radius 2 is 1.79 bits per heavy atom. The van der Waals surface area contributed by atoms with Crippen molar-refractivity contribution in [3.8, 4) is 11.5 Å². The average Bonchev–Trinajstić information content (AvgIpc) is 3.41. The molecule has 174 valence electrons. The molecule has 0 fully saturated rings. The lowest BCUT2D eigenvalue weighted by molar-refractivity contribution is -0.119. The van der Waals surface area contributed by atoms with Crippen molar-refractivity contribution >= 4 is 17.6 Å². The van der Waals surface area contributed by atoms with Gasteiger partial charge in [0.05, 0.1) is 23.6 Å². The maximum absolute atomic E-state index is 12.9. The Kier molecular flexibility index (Phi) is 6.44.